The molecule has 4 rings (SSSR count). The van der Waals surface area contributed by atoms with Crippen LogP contribution in [-0.2, 0) is 11.6 Å². The van der Waals surface area contributed by atoms with Crippen molar-refractivity contribution in [2.24, 2.45) is 0 Å². The van der Waals surface area contributed by atoms with Crippen molar-refractivity contribution in [1.82, 2.24) is 24.7 Å². The van der Waals surface area contributed by atoms with Gasteiger partial charge in [-0.15, -0.1) is 0 Å². The maximum Gasteiger partial charge on any atom is 0.436 e. The Labute approximate surface area is 190 Å². The molecular formula is C23H15F5N6. The lowest BCUT2D eigenvalue weighted by molar-refractivity contribution is -0.141. The lowest BCUT2D eigenvalue weighted by Gasteiger charge is -2.24. The first-order valence-corrected chi connectivity index (χ1v) is 9.85. The minimum absolute atomic E-state index is 0.0148. The van der Waals surface area contributed by atoms with Crippen molar-refractivity contribution in [2.45, 2.75) is 25.4 Å². The second kappa shape index (κ2) is 8.30. The van der Waals surface area contributed by atoms with E-state index in [0.29, 0.717) is 11.4 Å². The van der Waals surface area contributed by atoms with E-state index in [0.717, 1.165) is 16.9 Å². The fourth-order valence-corrected chi connectivity index (χ4v) is 3.35. The van der Waals surface area contributed by atoms with Crippen LogP contribution >= 0.6 is 0 Å². The van der Waals surface area contributed by atoms with E-state index in [4.69, 9.17) is 5.26 Å². The van der Waals surface area contributed by atoms with Crippen LogP contribution < -0.4 is 0 Å². The van der Waals surface area contributed by atoms with E-state index >= 15 is 0 Å². The maximum absolute atomic E-state index is 14.2. The summed E-state index contributed by atoms with van der Waals surface area (Å²) in [6, 6.07) is 13.3. The smallest absolute Gasteiger partial charge is 0.252 e. The summed E-state index contributed by atoms with van der Waals surface area (Å²) in [5, 5.41) is 12.5. The zero-order chi connectivity index (χ0) is 24.7. The number of rotatable bonds is 4. The molecule has 0 aromatic carbocycles. The molecule has 4 aromatic rings. The van der Waals surface area contributed by atoms with Crippen molar-refractivity contribution in [3.63, 3.8) is 0 Å². The van der Waals surface area contributed by atoms with E-state index in [1.54, 1.807) is 44.2 Å². The minimum Gasteiger partial charge on any atom is -0.252 e. The Balaban J connectivity index is 1.75. The van der Waals surface area contributed by atoms with Crippen molar-refractivity contribution in [3.05, 3.63) is 89.3 Å². The van der Waals surface area contributed by atoms with Gasteiger partial charge in [0.1, 0.15) is 11.6 Å². The molecule has 0 aliphatic rings. The number of halogens is 5. The highest BCUT2D eigenvalue weighted by Gasteiger charge is 2.38. The molecule has 0 unspecified atom stereocenters. The van der Waals surface area contributed by atoms with E-state index in [2.05, 4.69) is 20.1 Å². The lowest BCUT2D eigenvalue weighted by Crippen LogP contribution is -2.23. The van der Waals surface area contributed by atoms with Gasteiger partial charge in [0, 0.05) is 5.41 Å². The van der Waals surface area contributed by atoms with Crippen molar-refractivity contribution in [1.29, 1.82) is 5.26 Å². The van der Waals surface area contributed by atoms with Gasteiger partial charge in [0.15, 0.2) is 11.5 Å². The zero-order valence-electron chi connectivity index (χ0n) is 17.8. The summed E-state index contributed by atoms with van der Waals surface area (Å²) >= 11 is 0. The Kier molecular flexibility index (Phi) is 5.61. The zero-order valence-corrected chi connectivity index (χ0v) is 17.8. The molecule has 0 saturated carbocycles. The predicted molar refractivity (Wildman–Crippen MR) is 111 cm³/mol. The third kappa shape index (κ3) is 4.22. The summed E-state index contributed by atoms with van der Waals surface area (Å²) in [5.74, 6) is -1.89. The van der Waals surface area contributed by atoms with E-state index in [9.17, 15) is 22.0 Å². The van der Waals surface area contributed by atoms with Crippen LogP contribution in [0.3, 0.4) is 0 Å². The highest BCUT2D eigenvalue weighted by Crippen LogP contribution is 2.33. The monoisotopic (exact) mass is 470 g/mol. The van der Waals surface area contributed by atoms with Gasteiger partial charge in [-0.25, -0.2) is 9.67 Å². The first kappa shape index (κ1) is 23.0. The lowest BCUT2D eigenvalue weighted by atomic mass is 9.84. The standard InChI is InChI=1S/C23H15F5N6/c1-22(2,16-6-3-5-15(30-16)14-9-10-18(24)32-21(14)25)17-7-4-8-19(31-17)34-12-13(11-29)20(33-34)23(26,27)28/h3-10,12H,1-2H3. The van der Waals surface area contributed by atoms with Crippen LogP contribution in [0.15, 0.2) is 54.7 Å². The summed E-state index contributed by atoms with van der Waals surface area (Å²) < 4.78 is 67.8. The number of pyridine rings is 3. The minimum atomic E-state index is -4.79. The number of aromatic nitrogens is 5. The molecule has 172 valence electrons. The maximum atomic E-state index is 14.2. The highest BCUT2D eigenvalue weighted by atomic mass is 19.4. The second-order valence-corrected chi connectivity index (χ2v) is 7.83. The fourth-order valence-electron chi connectivity index (χ4n) is 3.35. The summed E-state index contributed by atoms with van der Waals surface area (Å²) in [5.41, 5.74) is -1.63. The summed E-state index contributed by atoms with van der Waals surface area (Å²) in [4.78, 5) is 12.1. The Morgan fingerprint density at radius 1 is 0.882 bits per heavy atom. The van der Waals surface area contributed by atoms with Crippen LogP contribution in [0.2, 0.25) is 0 Å². The molecule has 0 fully saturated rings. The largest absolute Gasteiger partial charge is 0.436 e. The first-order chi connectivity index (χ1) is 16.0. The van der Waals surface area contributed by atoms with Gasteiger partial charge in [-0.05, 0) is 50.2 Å². The van der Waals surface area contributed by atoms with Crippen LogP contribution in [0, 0.1) is 23.2 Å². The summed E-state index contributed by atoms with van der Waals surface area (Å²) in [6.07, 6.45) is -3.83. The molecular weight excluding hydrogens is 455 g/mol. The molecule has 0 radical (unpaired) electrons. The van der Waals surface area contributed by atoms with E-state index in [1.807, 2.05) is 0 Å². The number of alkyl halides is 3. The highest BCUT2D eigenvalue weighted by molar-refractivity contribution is 5.59. The molecule has 0 saturated heterocycles. The Bertz CT molecular complexity index is 1420. The molecule has 11 heteroatoms. The van der Waals surface area contributed by atoms with Crippen LogP contribution in [0.25, 0.3) is 17.1 Å². The third-order valence-electron chi connectivity index (χ3n) is 5.19. The van der Waals surface area contributed by atoms with Gasteiger partial charge in [-0.2, -0.15) is 37.3 Å². The van der Waals surface area contributed by atoms with E-state index < -0.39 is 34.7 Å². The first-order valence-electron chi connectivity index (χ1n) is 9.85. The molecule has 0 N–H and O–H groups in total. The summed E-state index contributed by atoms with van der Waals surface area (Å²) in [6.45, 7) is 3.57. The van der Waals surface area contributed by atoms with Crippen LogP contribution in [0.1, 0.15) is 36.5 Å². The number of hydrogen-bond acceptors (Lipinski definition) is 5. The average molecular weight is 470 g/mol. The fraction of sp³-hybridized carbons (Fsp3) is 0.174. The van der Waals surface area contributed by atoms with Gasteiger partial charge in [0.2, 0.25) is 11.9 Å². The molecule has 0 atom stereocenters. The Hall–Kier alpha value is -4.20. The normalized spacial score (nSPS) is 11.9. The van der Waals surface area contributed by atoms with Gasteiger partial charge >= 0.3 is 6.18 Å². The number of hydrogen-bond donors (Lipinski definition) is 0. The molecule has 0 amide bonds. The SMILES string of the molecule is CC(C)(c1cccc(-c2ccc(F)nc2F)n1)c1cccc(-n2cc(C#N)c(C(F)(F)F)n2)n1. The van der Waals surface area contributed by atoms with Gasteiger partial charge in [0.25, 0.3) is 0 Å². The van der Waals surface area contributed by atoms with Crippen LogP contribution in [0.5, 0.6) is 0 Å². The van der Waals surface area contributed by atoms with Gasteiger partial charge in [-0.1, -0.05) is 12.1 Å². The second-order valence-electron chi connectivity index (χ2n) is 7.83. The molecule has 34 heavy (non-hydrogen) atoms. The predicted octanol–water partition coefficient (Wildman–Crippen LogP) is 5.22. The quantitative estimate of drug-likeness (QED) is 0.302. The van der Waals surface area contributed by atoms with Gasteiger partial charge in [0.05, 0.1) is 28.8 Å². The van der Waals surface area contributed by atoms with E-state index in [-0.39, 0.29) is 17.1 Å². The summed E-state index contributed by atoms with van der Waals surface area (Å²) in [7, 11) is 0. The van der Waals surface area contributed by atoms with E-state index in [1.165, 1.54) is 18.2 Å². The van der Waals surface area contributed by atoms with Crippen molar-refractivity contribution >= 4 is 0 Å². The van der Waals surface area contributed by atoms with Crippen molar-refractivity contribution < 1.29 is 22.0 Å². The van der Waals surface area contributed by atoms with Gasteiger partial charge in [-0.3, -0.25) is 4.98 Å². The van der Waals surface area contributed by atoms with Gasteiger partial charge < -0.3 is 0 Å². The number of nitriles is 1. The molecule has 0 spiro atoms. The molecule has 4 heterocycles. The molecule has 4 aromatic heterocycles. The number of nitrogens with zero attached hydrogens (tertiary/aromatic N) is 6. The Morgan fingerprint density at radius 3 is 2.18 bits per heavy atom. The topological polar surface area (TPSA) is 80.3 Å². The van der Waals surface area contributed by atoms with Crippen LogP contribution in [-0.4, -0.2) is 24.7 Å². The van der Waals surface area contributed by atoms with Crippen LogP contribution in [0.4, 0.5) is 22.0 Å². The average Bonchev–Trinajstić information content (AvgIpc) is 3.25. The van der Waals surface area contributed by atoms with Crippen molar-refractivity contribution in [2.75, 3.05) is 0 Å². The molecule has 0 bridgehead atoms. The third-order valence-corrected chi connectivity index (χ3v) is 5.19. The molecule has 6 nitrogen and oxygen atoms in total. The molecule has 0 aliphatic carbocycles. The Morgan fingerprint density at radius 2 is 1.56 bits per heavy atom. The molecule has 0 aliphatic heterocycles. The van der Waals surface area contributed by atoms with Crippen molar-refractivity contribution in [3.8, 4) is 23.1 Å².